The van der Waals surface area contributed by atoms with Crippen molar-refractivity contribution in [1.29, 1.82) is 0 Å². The number of benzene rings is 2. The number of nitrogens with one attached hydrogen (secondary N) is 2. The van der Waals surface area contributed by atoms with Gasteiger partial charge >= 0.3 is 0 Å². The second-order valence-corrected chi connectivity index (χ2v) is 5.90. The van der Waals surface area contributed by atoms with E-state index in [1.54, 1.807) is 14.2 Å². The van der Waals surface area contributed by atoms with E-state index in [0.717, 1.165) is 35.7 Å². The Morgan fingerprint density at radius 2 is 1.52 bits per heavy atom. The number of hydrazone groups is 1. The molecule has 0 radical (unpaired) electrons. The number of thiocarbonyl (C=S) groups is 1. The highest BCUT2D eigenvalue weighted by Crippen LogP contribution is 2.15. The van der Waals surface area contributed by atoms with E-state index in [4.69, 9.17) is 21.7 Å². The van der Waals surface area contributed by atoms with Gasteiger partial charge in [-0.3, -0.25) is 5.43 Å². The Balaban J connectivity index is 1.77. The molecule has 0 fully saturated rings. The Morgan fingerprint density at radius 3 is 2.08 bits per heavy atom. The lowest BCUT2D eigenvalue weighted by atomic mass is 10.1. The number of hydrogen-bond acceptors (Lipinski definition) is 4. The van der Waals surface area contributed by atoms with E-state index < -0.39 is 0 Å². The van der Waals surface area contributed by atoms with Crippen LogP contribution >= 0.6 is 12.2 Å². The Bertz CT molecular complexity index is 712. The van der Waals surface area contributed by atoms with Gasteiger partial charge in [-0.25, -0.2) is 0 Å². The molecule has 0 spiro atoms. The number of hydrogen-bond donors (Lipinski definition) is 2. The minimum atomic E-state index is 0.453. The van der Waals surface area contributed by atoms with Crippen LogP contribution in [0.25, 0.3) is 0 Å². The normalized spacial score (nSPS) is 10.9. The van der Waals surface area contributed by atoms with Gasteiger partial charge in [-0.05, 0) is 73.9 Å². The van der Waals surface area contributed by atoms with Gasteiger partial charge in [0, 0.05) is 11.4 Å². The highest BCUT2D eigenvalue weighted by Gasteiger charge is 2.00. The van der Waals surface area contributed by atoms with Gasteiger partial charge < -0.3 is 14.8 Å². The molecule has 5 nitrogen and oxygen atoms in total. The fourth-order valence-electron chi connectivity index (χ4n) is 2.15. The average molecular weight is 357 g/mol. The summed E-state index contributed by atoms with van der Waals surface area (Å²) in [6.07, 6.45) is 1.77. The summed E-state index contributed by atoms with van der Waals surface area (Å²) in [7, 11) is 3.30. The van der Waals surface area contributed by atoms with Crippen LogP contribution in [0, 0.1) is 0 Å². The SMILES string of the molecule is COc1ccc(CC/C(C)=N\NC(=S)Nc2ccc(OC)cc2)cc1. The molecule has 2 aromatic carbocycles. The molecule has 6 heteroatoms. The Labute approximate surface area is 154 Å². The van der Waals surface area contributed by atoms with E-state index in [-0.39, 0.29) is 0 Å². The molecule has 0 atom stereocenters. The second-order valence-electron chi connectivity index (χ2n) is 5.49. The minimum Gasteiger partial charge on any atom is -0.497 e. The van der Waals surface area contributed by atoms with Gasteiger partial charge in [-0.2, -0.15) is 5.10 Å². The van der Waals surface area contributed by atoms with Gasteiger partial charge in [-0.1, -0.05) is 12.1 Å². The topological polar surface area (TPSA) is 54.9 Å². The number of anilines is 1. The molecule has 0 aliphatic carbocycles. The summed E-state index contributed by atoms with van der Waals surface area (Å²) < 4.78 is 10.3. The molecular weight excluding hydrogens is 334 g/mol. The molecule has 0 amide bonds. The van der Waals surface area contributed by atoms with E-state index in [9.17, 15) is 0 Å². The number of aryl methyl sites for hydroxylation is 1. The monoisotopic (exact) mass is 357 g/mol. The summed E-state index contributed by atoms with van der Waals surface area (Å²) in [5.41, 5.74) is 5.98. The fraction of sp³-hybridized carbons (Fsp3) is 0.263. The molecule has 2 rings (SSSR count). The van der Waals surface area contributed by atoms with Gasteiger partial charge in [0.15, 0.2) is 5.11 Å². The van der Waals surface area contributed by atoms with Crippen LogP contribution < -0.4 is 20.2 Å². The van der Waals surface area contributed by atoms with Gasteiger partial charge in [-0.15, -0.1) is 0 Å². The maximum Gasteiger partial charge on any atom is 0.191 e. The molecule has 0 aliphatic heterocycles. The minimum absolute atomic E-state index is 0.453. The third-order valence-corrected chi connectivity index (χ3v) is 3.82. The summed E-state index contributed by atoms with van der Waals surface area (Å²) in [6, 6.07) is 15.6. The first-order valence-corrected chi connectivity index (χ1v) is 8.38. The lowest BCUT2D eigenvalue weighted by Gasteiger charge is -2.09. The third kappa shape index (κ3) is 6.43. The summed E-state index contributed by atoms with van der Waals surface area (Å²) in [5.74, 6) is 1.67. The van der Waals surface area contributed by atoms with Crippen molar-refractivity contribution in [1.82, 2.24) is 5.43 Å². The van der Waals surface area contributed by atoms with E-state index >= 15 is 0 Å². The smallest absolute Gasteiger partial charge is 0.191 e. The largest absolute Gasteiger partial charge is 0.497 e. The highest BCUT2D eigenvalue weighted by molar-refractivity contribution is 7.80. The van der Waals surface area contributed by atoms with Gasteiger partial charge in [0.2, 0.25) is 0 Å². The molecule has 0 saturated heterocycles. The van der Waals surface area contributed by atoms with Crippen molar-refractivity contribution in [2.24, 2.45) is 5.10 Å². The van der Waals surface area contributed by atoms with E-state index in [2.05, 4.69) is 28.0 Å². The molecule has 25 heavy (non-hydrogen) atoms. The summed E-state index contributed by atoms with van der Waals surface area (Å²) in [4.78, 5) is 0. The molecule has 0 saturated carbocycles. The highest BCUT2D eigenvalue weighted by atomic mass is 32.1. The van der Waals surface area contributed by atoms with Crippen LogP contribution in [0.2, 0.25) is 0 Å². The lowest BCUT2D eigenvalue weighted by molar-refractivity contribution is 0.414. The maximum absolute atomic E-state index is 5.25. The number of ether oxygens (including phenoxy) is 2. The van der Waals surface area contributed by atoms with Crippen molar-refractivity contribution in [2.75, 3.05) is 19.5 Å². The van der Waals surface area contributed by atoms with E-state index in [1.807, 2.05) is 43.3 Å². The zero-order valence-electron chi connectivity index (χ0n) is 14.7. The van der Waals surface area contributed by atoms with E-state index in [0.29, 0.717) is 5.11 Å². The fourth-order valence-corrected chi connectivity index (χ4v) is 2.32. The predicted octanol–water partition coefficient (Wildman–Crippen LogP) is 4.00. The molecule has 2 aromatic rings. The van der Waals surface area contributed by atoms with Crippen LogP contribution in [0.1, 0.15) is 18.9 Å². The maximum atomic E-state index is 5.25. The van der Waals surface area contributed by atoms with Crippen LogP contribution in [0.5, 0.6) is 11.5 Å². The first kappa shape index (κ1) is 18.7. The lowest BCUT2D eigenvalue weighted by Crippen LogP contribution is -2.24. The molecule has 0 heterocycles. The standard InChI is InChI=1S/C19H23N3O2S/c1-14(4-5-15-6-10-17(23-2)11-7-15)21-22-19(25)20-16-8-12-18(24-3)13-9-16/h6-13H,4-5H2,1-3H3,(H2,20,22,25)/b21-14-. The van der Waals surface area contributed by atoms with Crippen molar-refractivity contribution in [3.63, 3.8) is 0 Å². The van der Waals surface area contributed by atoms with Crippen molar-refractivity contribution in [2.45, 2.75) is 19.8 Å². The summed E-state index contributed by atoms with van der Waals surface area (Å²) in [5, 5.41) is 7.85. The molecule has 0 bridgehead atoms. The number of rotatable bonds is 7. The molecule has 0 aromatic heterocycles. The van der Waals surface area contributed by atoms with Gasteiger partial charge in [0.25, 0.3) is 0 Å². The van der Waals surface area contributed by atoms with Crippen LogP contribution in [-0.2, 0) is 6.42 Å². The molecule has 0 unspecified atom stereocenters. The Kier molecular flexibility index (Phi) is 7.22. The van der Waals surface area contributed by atoms with E-state index in [1.165, 1.54) is 5.56 Å². The number of nitrogens with zero attached hydrogens (tertiary/aromatic N) is 1. The second kappa shape index (κ2) is 9.64. The van der Waals surface area contributed by atoms with Crippen molar-refractivity contribution >= 4 is 28.7 Å². The van der Waals surface area contributed by atoms with Gasteiger partial charge in [0.1, 0.15) is 11.5 Å². The molecule has 0 aliphatic rings. The molecule has 2 N–H and O–H groups in total. The van der Waals surface area contributed by atoms with Crippen LogP contribution in [0.15, 0.2) is 53.6 Å². The predicted molar refractivity (Wildman–Crippen MR) is 107 cm³/mol. The summed E-state index contributed by atoms with van der Waals surface area (Å²) >= 11 is 5.25. The van der Waals surface area contributed by atoms with Crippen LogP contribution in [0.3, 0.4) is 0 Å². The quantitative estimate of drug-likeness (QED) is 0.446. The third-order valence-electron chi connectivity index (χ3n) is 3.63. The summed E-state index contributed by atoms with van der Waals surface area (Å²) in [6.45, 7) is 1.98. The van der Waals surface area contributed by atoms with Gasteiger partial charge in [0.05, 0.1) is 14.2 Å². The first-order chi connectivity index (χ1) is 12.1. The van der Waals surface area contributed by atoms with Crippen molar-refractivity contribution < 1.29 is 9.47 Å². The first-order valence-electron chi connectivity index (χ1n) is 7.98. The molecular formula is C19H23N3O2S. The van der Waals surface area contributed by atoms with Crippen molar-refractivity contribution in [3.05, 3.63) is 54.1 Å². The zero-order chi connectivity index (χ0) is 18.1. The zero-order valence-corrected chi connectivity index (χ0v) is 15.5. The van der Waals surface area contributed by atoms with Crippen LogP contribution in [0.4, 0.5) is 5.69 Å². The Hall–Kier alpha value is -2.60. The average Bonchev–Trinajstić information content (AvgIpc) is 2.65. The van der Waals surface area contributed by atoms with Crippen LogP contribution in [-0.4, -0.2) is 25.0 Å². The number of methoxy groups -OCH3 is 2. The Morgan fingerprint density at radius 1 is 0.960 bits per heavy atom. The van der Waals surface area contributed by atoms with Crippen molar-refractivity contribution in [3.8, 4) is 11.5 Å². The molecule has 132 valence electrons.